The van der Waals surface area contributed by atoms with Crippen molar-refractivity contribution in [3.8, 4) is 6.07 Å². The first-order valence-corrected chi connectivity index (χ1v) is 12.3. The smallest absolute Gasteiger partial charge is 0.256 e. The summed E-state index contributed by atoms with van der Waals surface area (Å²) in [5.41, 5.74) is 4.04. The van der Waals surface area contributed by atoms with Gasteiger partial charge in [0, 0.05) is 36.9 Å². The summed E-state index contributed by atoms with van der Waals surface area (Å²) in [5, 5.41) is 22.3. The number of hydrogen-bond donors (Lipinski definition) is 4. The van der Waals surface area contributed by atoms with Gasteiger partial charge in [0.25, 0.3) is 5.91 Å². The van der Waals surface area contributed by atoms with Gasteiger partial charge in [0.2, 0.25) is 5.95 Å². The van der Waals surface area contributed by atoms with E-state index in [1.54, 1.807) is 6.07 Å². The lowest BCUT2D eigenvalue weighted by Gasteiger charge is -2.33. The highest BCUT2D eigenvalue weighted by atomic mass is 16.1. The van der Waals surface area contributed by atoms with Gasteiger partial charge in [-0.2, -0.15) is 10.2 Å². The van der Waals surface area contributed by atoms with Crippen LogP contribution in [0.4, 0.5) is 23.3 Å². The number of nitrogens with zero attached hydrogens (tertiary/aromatic N) is 4. The van der Waals surface area contributed by atoms with E-state index >= 15 is 0 Å². The predicted molar refractivity (Wildman–Crippen MR) is 139 cm³/mol. The van der Waals surface area contributed by atoms with Crippen molar-refractivity contribution in [2.75, 3.05) is 23.7 Å². The minimum absolute atomic E-state index is 0.0696. The Bertz CT molecular complexity index is 1360. The van der Waals surface area contributed by atoms with Crippen LogP contribution in [0.2, 0.25) is 0 Å². The SMILES string of the molecule is CCNC(=O)c1cnc(Nc2ccc3c(c2)CNCC3(C)C)nc1Nc1cccc(C2(C#N)CC2)n1. The summed E-state index contributed by atoms with van der Waals surface area (Å²) in [7, 11) is 0. The number of carbonyl (C=O) groups is 1. The van der Waals surface area contributed by atoms with Crippen molar-refractivity contribution >= 4 is 29.2 Å². The monoisotopic (exact) mass is 482 g/mol. The first-order chi connectivity index (χ1) is 17.3. The Morgan fingerprint density at radius 2 is 2.00 bits per heavy atom. The lowest BCUT2D eigenvalue weighted by atomic mass is 9.79. The van der Waals surface area contributed by atoms with E-state index in [9.17, 15) is 10.1 Å². The number of nitriles is 1. The second-order valence-electron chi connectivity index (χ2n) is 10.0. The molecule has 36 heavy (non-hydrogen) atoms. The molecule has 3 heterocycles. The summed E-state index contributed by atoms with van der Waals surface area (Å²) in [6.45, 7) is 8.56. The van der Waals surface area contributed by atoms with Gasteiger partial charge in [-0.3, -0.25) is 4.79 Å². The number of rotatable bonds is 7. The largest absolute Gasteiger partial charge is 0.352 e. The van der Waals surface area contributed by atoms with E-state index in [2.05, 4.69) is 68.3 Å². The summed E-state index contributed by atoms with van der Waals surface area (Å²) >= 11 is 0. The number of amides is 1. The second-order valence-corrected chi connectivity index (χ2v) is 10.0. The summed E-state index contributed by atoms with van der Waals surface area (Å²) in [6.07, 6.45) is 3.12. The van der Waals surface area contributed by atoms with Crippen molar-refractivity contribution in [1.29, 1.82) is 5.26 Å². The highest BCUT2D eigenvalue weighted by molar-refractivity contribution is 5.99. The van der Waals surface area contributed by atoms with E-state index in [0.29, 0.717) is 29.7 Å². The number of benzene rings is 1. The van der Waals surface area contributed by atoms with Gasteiger partial charge >= 0.3 is 0 Å². The number of nitrogens with one attached hydrogen (secondary N) is 4. The third kappa shape index (κ3) is 4.60. The van der Waals surface area contributed by atoms with Crippen molar-refractivity contribution in [1.82, 2.24) is 25.6 Å². The van der Waals surface area contributed by atoms with Crippen LogP contribution in [0.25, 0.3) is 0 Å². The van der Waals surface area contributed by atoms with Crippen LogP contribution < -0.4 is 21.3 Å². The Hall–Kier alpha value is -4.03. The highest BCUT2D eigenvalue weighted by Crippen LogP contribution is 2.46. The molecule has 9 heteroatoms. The molecule has 0 radical (unpaired) electrons. The number of carbonyl (C=O) groups excluding carboxylic acids is 1. The molecule has 4 N–H and O–H groups in total. The fraction of sp³-hybridized carbons (Fsp3) is 0.370. The van der Waals surface area contributed by atoms with Gasteiger partial charge in [0.15, 0.2) is 0 Å². The molecule has 3 aromatic rings. The minimum Gasteiger partial charge on any atom is -0.352 e. The summed E-state index contributed by atoms with van der Waals surface area (Å²) in [5.74, 6) is 0.942. The van der Waals surface area contributed by atoms with Crippen LogP contribution in [0, 0.1) is 11.3 Å². The first-order valence-electron chi connectivity index (χ1n) is 12.3. The van der Waals surface area contributed by atoms with E-state index < -0.39 is 5.41 Å². The van der Waals surface area contributed by atoms with E-state index in [1.165, 1.54) is 17.3 Å². The third-order valence-corrected chi connectivity index (χ3v) is 6.79. The summed E-state index contributed by atoms with van der Waals surface area (Å²) in [4.78, 5) is 26.4. The number of pyridine rings is 1. The van der Waals surface area contributed by atoms with Crippen LogP contribution >= 0.6 is 0 Å². The number of fused-ring (bicyclic) bond motifs is 1. The van der Waals surface area contributed by atoms with Gasteiger partial charge in [0.05, 0.1) is 17.2 Å². The molecule has 1 amide bonds. The molecule has 0 unspecified atom stereocenters. The molecule has 2 aromatic heterocycles. The van der Waals surface area contributed by atoms with E-state index in [4.69, 9.17) is 0 Å². The molecule has 0 atom stereocenters. The Labute approximate surface area is 210 Å². The van der Waals surface area contributed by atoms with E-state index in [1.807, 2.05) is 25.1 Å². The molecule has 1 fully saturated rings. The van der Waals surface area contributed by atoms with Crippen molar-refractivity contribution in [3.63, 3.8) is 0 Å². The average Bonchev–Trinajstić information content (AvgIpc) is 3.66. The Morgan fingerprint density at radius 3 is 2.75 bits per heavy atom. The van der Waals surface area contributed by atoms with Crippen LogP contribution in [0.1, 0.15) is 60.8 Å². The van der Waals surface area contributed by atoms with E-state index in [-0.39, 0.29) is 11.3 Å². The summed E-state index contributed by atoms with van der Waals surface area (Å²) < 4.78 is 0. The maximum absolute atomic E-state index is 12.7. The molecule has 5 rings (SSSR count). The van der Waals surface area contributed by atoms with Gasteiger partial charge < -0.3 is 21.3 Å². The van der Waals surface area contributed by atoms with Crippen molar-refractivity contribution in [3.05, 3.63) is 65.0 Å². The van der Waals surface area contributed by atoms with Crippen LogP contribution in [0.15, 0.2) is 42.6 Å². The third-order valence-electron chi connectivity index (χ3n) is 6.79. The topological polar surface area (TPSA) is 128 Å². The Kier molecular flexibility index (Phi) is 6.06. The molecular weight excluding hydrogens is 452 g/mol. The van der Waals surface area contributed by atoms with E-state index in [0.717, 1.165) is 37.3 Å². The van der Waals surface area contributed by atoms with Gasteiger partial charge in [-0.15, -0.1) is 0 Å². The number of hydrogen-bond acceptors (Lipinski definition) is 8. The Balaban J connectivity index is 1.44. The van der Waals surface area contributed by atoms with Gasteiger partial charge in [-0.1, -0.05) is 26.0 Å². The molecule has 1 aliphatic carbocycles. The van der Waals surface area contributed by atoms with Crippen molar-refractivity contribution in [2.45, 2.75) is 51.0 Å². The maximum atomic E-state index is 12.7. The zero-order valence-electron chi connectivity index (χ0n) is 20.8. The van der Waals surface area contributed by atoms with Gasteiger partial charge in [-0.25, -0.2) is 9.97 Å². The molecular formula is C27H30N8O. The molecule has 2 aliphatic rings. The molecule has 0 spiro atoms. The van der Waals surface area contributed by atoms with Gasteiger partial charge in [0.1, 0.15) is 17.2 Å². The fourth-order valence-electron chi connectivity index (χ4n) is 4.61. The predicted octanol–water partition coefficient (Wildman–Crippen LogP) is 4.04. The normalized spacial score (nSPS) is 16.8. The standard InChI is InChI=1S/C27H30N8O/c1-4-30-24(36)19-14-31-25(32-18-8-9-20-17(12-18)13-29-16-26(20,2)3)35-23(19)34-22-7-5-6-21(33-22)27(15-28)10-11-27/h5-9,12,14,29H,4,10-11,13,16H2,1-3H3,(H,30,36)(H2,31,32,33,34,35). The minimum atomic E-state index is -0.506. The lowest BCUT2D eigenvalue weighted by Crippen LogP contribution is -2.38. The Morgan fingerprint density at radius 1 is 1.17 bits per heavy atom. The quantitative estimate of drug-likeness (QED) is 0.397. The zero-order chi connectivity index (χ0) is 25.3. The molecule has 0 saturated heterocycles. The van der Waals surface area contributed by atoms with Crippen molar-refractivity contribution in [2.24, 2.45) is 0 Å². The zero-order valence-corrected chi connectivity index (χ0v) is 20.8. The van der Waals surface area contributed by atoms with Gasteiger partial charge in [-0.05, 0) is 55.2 Å². The first kappa shape index (κ1) is 23.7. The summed E-state index contributed by atoms with van der Waals surface area (Å²) in [6, 6.07) is 14.2. The second kappa shape index (κ2) is 9.21. The van der Waals surface area contributed by atoms with Crippen LogP contribution in [0.3, 0.4) is 0 Å². The molecule has 184 valence electrons. The maximum Gasteiger partial charge on any atom is 0.256 e. The molecule has 1 aromatic carbocycles. The lowest BCUT2D eigenvalue weighted by molar-refractivity contribution is 0.0956. The van der Waals surface area contributed by atoms with Crippen LogP contribution in [-0.2, 0) is 17.4 Å². The van der Waals surface area contributed by atoms with Crippen LogP contribution in [0.5, 0.6) is 0 Å². The number of aromatic nitrogens is 3. The number of anilines is 4. The molecule has 1 aliphatic heterocycles. The van der Waals surface area contributed by atoms with Crippen molar-refractivity contribution < 1.29 is 4.79 Å². The molecule has 0 bridgehead atoms. The average molecular weight is 483 g/mol. The fourth-order valence-corrected chi connectivity index (χ4v) is 4.61. The molecule has 1 saturated carbocycles. The molecule has 9 nitrogen and oxygen atoms in total. The van der Waals surface area contributed by atoms with Crippen LogP contribution in [-0.4, -0.2) is 33.9 Å². The highest BCUT2D eigenvalue weighted by Gasteiger charge is 2.46.